The zero-order valence-electron chi connectivity index (χ0n) is 16.9. The standard InChI is InChI=1S/C24H30O4/c1-22-10-7-17(25)13-16(22)4-5-20-19(22)8-11-23(2)18(9-12-24(20,23)27)15-3-6-21(26)28-14-15/h3,6,13-14,18-20,27H,4-5,7-12H2,1-2H3/t18-,19?,20?,22+,23-,24?/m1/s1. The van der Waals surface area contributed by atoms with Gasteiger partial charge in [-0.1, -0.05) is 19.4 Å². The third-order valence-electron chi connectivity index (χ3n) is 9.27. The highest BCUT2D eigenvalue weighted by molar-refractivity contribution is 5.91. The summed E-state index contributed by atoms with van der Waals surface area (Å²) in [5.74, 6) is 1.23. The van der Waals surface area contributed by atoms with E-state index in [1.807, 2.05) is 12.1 Å². The molecule has 1 aromatic rings. The Morgan fingerprint density at radius 2 is 1.82 bits per heavy atom. The van der Waals surface area contributed by atoms with Gasteiger partial charge in [-0.25, -0.2) is 4.79 Å². The van der Waals surface area contributed by atoms with Crippen LogP contribution in [0, 0.1) is 22.7 Å². The molecule has 1 aromatic heterocycles. The highest BCUT2D eigenvalue weighted by Crippen LogP contribution is 2.69. The fourth-order valence-corrected chi connectivity index (χ4v) is 7.63. The number of allylic oxidation sites excluding steroid dienone is 1. The Kier molecular flexibility index (Phi) is 3.88. The monoisotopic (exact) mass is 382 g/mol. The Labute approximate surface area is 166 Å². The molecule has 4 aliphatic carbocycles. The Balaban J connectivity index is 1.52. The van der Waals surface area contributed by atoms with Gasteiger partial charge < -0.3 is 9.52 Å². The van der Waals surface area contributed by atoms with E-state index in [4.69, 9.17) is 4.42 Å². The van der Waals surface area contributed by atoms with Crippen molar-refractivity contribution in [2.24, 2.45) is 22.7 Å². The van der Waals surface area contributed by atoms with Gasteiger partial charge in [0.2, 0.25) is 0 Å². The van der Waals surface area contributed by atoms with E-state index in [1.165, 1.54) is 11.6 Å². The van der Waals surface area contributed by atoms with E-state index in [0.717, 1.165) is 50.5 Å². The van der Waals surface area contributed by atoms with Crippen molar-refractivity contribution in [3.8, 4) is 0 Å². The molecule has 150 valence electrons. The predicted molar refractivity (Wildman–Crippen MR) is 106 cm³/mol. The van der Waals surface area contributed by atoms with Crippen molar-refractivity contribution in [3.05, 3.63) is 46.0 Å². The molecule has 0 saturated heterocycles. The molecule has 4 nitrogen and oxygen atoms in total. The van der Waals surface area contributed by atoms with Crippen molar-refractivity contribution < 1.29 is 14.3 Å². The van der Waals surface area contributed by atoms with Crippen molar-refractivity contribution >= 4 is 5.78 Å². The maximum absolute atomic E-state index is 12.1. The topological polar surface area (TPSA) is 67.5 Å². The number of rotatable bonds is 1. The van der Waals surface area contributed by atoms with E-state index in [9.17, 15) is 14.7 Å². The number of hydrogen-bond acceptors (Lipinski definition) is 4. The summed E-state index contributed by atoms with van der Waals surface area (Å²) >= 11 is 0. The third kappa shape index (κ3) is 2.27. The van der Waals surface area contributed by atoms with Gasteiger partial charge in [0.25, 0.3) is 0 Å². The molecular weight excluding hydrogens is 352 g/mol. The van der Waals surface area contributed by atoms with Crippen LogP contribution in [0.15, 0.2) is 39.3 Å². The minimum absolute atomic E-state index is 0.0610. The summed E-state index contributed by atoms with van der Waals surface area (Å²) < 4.78 is 5.16. The van der Waals surface area contributed by atoms with Crippen LogP contribution >= 0.6 is 0 Å². The van der Waals surface area contributed by atoms with Crippen LogP contribution in [0.1, 0.15) is 76.7 Å². The van der Waals surface area contributed by atoms with Gasteiger partial charge in [0.1, 0.15) is 0 Å². The summed E-state index contributed by atoms with van der Waals surface area (Å²) in [6, 6.07) is 3.38. The lowest BCUT2D eigenvalue weighted by atomic mass is 9.45. The second kappa shape index (κ2) is 5.91. The van der Waals surface area contributed by atoms with Crippen LogP contribution in [-0.2, 0) is 4.79 Å². The first-order chi connectivity index (χ1) is 13.3. The molecule has 3 fully saturated rings. The van der Waals surface area contributed by atoms with E-state index in [0.29, 0.717) is 12.3 Å². The lowest BCUT2D eigenvalue weighted by Gasteiger charge is -2.61. The molecule has 0 aromatic carbocycles. The van der Waals surface area contributed by atoms with Crippen molar-refractivity contribution in [3.63, 3.8) is 0 Å². The Morgan fingerprint density at radius 3 is 2.57 bits per heavy atom. The summed E-state index contributed by atoms with van der Waals surface area (Å²) in [4.78, 5) is 23.4. The molecule has 0 bridgehead atoms. The predicted octanol–water partition coefficient (Wildman–Crippen LogP) is 4.37. The summed E-state index contributed by atoms with van der Waals surface area (Å²) in [6.07, 6.45) is 10.8. The molecule has 3 saturated carbocycles. The van der Waals surface area contributed by atoms with Crippen LogP contribution < -0.4 is 5.63 Å². The summed E-state index contributed by atoms with van der Waals surface area (Å²) in [7, 11) is 0. The lowest BCUT2D eigenvalue weighted by Crippen LogP contribution is -2.60. The van der Waals surface area contributed by atoms with E-state index < -0.39 is 5.60 Å². The van der Waals surface area contributed by atoms with E-state index in [1.54, 1.807) is 6.26 Å². The van der Waals surface area contributed by atoms with E-state index >= 15 is 0 Å². The maximum atomic E-state index is 12.1. The van der Waals surface area contributed by atoms with Crippen LogP contribution in [-0.4, -0.2) is 16.5 Å². The second-order valence-corrected chi connectivity index (χ2v) is 10.2. The molecule has 0 spiro atoms. The Bertz CT molecular complexity index is 893. The SMILES string of the molecule is C[C@]12CCC(=O)C=C1CCC1C2CC[C@]2(C)[C@@H](c3ccc(=O)oc3)CCC12O. The van der Waals surface area contributed by atoms with Gasteiger partial charge in [0.05, 0.1) is 11.9 Å². The maximum Gasteiger partial charge on any atom is 0.335 e. The van der Waals surface area contributed by atoms with Gasteiger partial charge in [0, 0.05) is 17.9 Å². The van der Waals surface area contributed by atoms with Crippen molar-refractivity contribution in [2.45, 2.75) is 76.7 Å². The number of ketones is 1. The van der Waals surface area contributed by atoms with Crippen molar-refractivity contribution in [2.75, 3.05) is 0 Å². The molecule has 4 aliphatic rings. The molecule has 4 heteroatoms. The second-order valence-electron chi connectivity index (χ2n) is 10.2. The highest BCUT2D eigenvalue weighted by Gasteiger charge is 2.66. The van der Waals surface area contributed by atoms with E-state index in [-0.39, 0.29) is 34.1 Å². The number of hydrogen-bond donors (Lipinski definition) is 1. The van der Waals surface area contributed by atoms with Crippen molar-refractivity contribution in [1.29, 1.82) is 0 Å². The smallest absolute Gasteiger partial charge is 0.335 e. The molecule has 6 atom stereocenters. The molecule has 28 heavy (non-hydrogen) atoms. The molecular formula is C24H30O4. The number of carbonyl (C=O) groups is 1. The molecule has 1 heterocycles. The molecule has 0 amide bonds. The fourth-order valence-electron chi connectivity index (χ4n) is 7.63. The largest absolute Gasteiger partial charge is 0.431 e. The van der Waals surface area contributed by atoms with E-state index in [2.05, 4.69) is 13.8 Å². The zero-order valence-corrected chi connectivity index (χ0v) is 16.9. The molecule has 1 N–H and O–H groups in total. The molecule has 0 radical (unpaired) electrons. The third-order valence-corrected chi connectivity index (χ3v) is 9.27. The number of fused-ring (bicyclic) bond motifs is 5. The molecule has 0 aliphatic heterocycles. The summed E-state index contributed by atoms with van der Waals surface area (Å²) in [6.45, 7) is 4.59. The average Bonchev–Trinajstić information content (AvgIpc) is 2.95. The van der Waals surface area contributed by atoms with Crippen LogP contribution in [0.3, 0.4) is 0 Å². The fraction of sp³-hybridized carbons (Fsp3) is 0.667. The highest BCUT2D eigenvalue weighted by atomic mass is 16.4. The Morgan fingerprint density at radius 1 is 1.00 bits per heavy atom. The zero-order chi connectivity index (χ0) is 19.7. The minimum atomic E-state index is -0.688. The molecule has 5 rings (SSSR count). The quantitative estimate of drug-likeness (QED) is 0.783. The van der Waals surface area contributed by atoms with Crippen LogP contribution in [0.2, 0.25) is 0 Å². The normalized spacial score (nSPS) is 45.0. The summed E-state index contributed by atoms with van der Waals surface area (Å²) in [5, 5.41) is 12.1. The Hall–Kier alpha value is -1.68. The first-order valence-electron chi connectivity index (χ1n) is 10.8. The van der Waals surface area contributed by atoms with Crippen LogP contribution in [0.5, 0.6) is 0 Å². The first kappa shape index (κ1) is 18.4. The van der Waals surface area contributed by atoms with Gasteiger partial charge in [0.15, 0.2) is 5.78 Å². The van der Waals surface area contributed by atoms with Crippen LogP contribution in [0.4, 0.5) is 0 Å². The first-order valence-corrected chi connectivity index (χ1v) is 10.8. The van der Waals surface area contributed by atoms with Crippen molar-refractivity contribution in [1.82, 2.24) is 0 Å². The average molecular weight is 383 g/mol. The van der Waals surface area contributed by atoms with Gasteiger partial charge in [-0.05, 0) is 85.8 Å². The molecule has 3 unspecified atom stereocenters. The van der Waals surface area contributed by atoms with Gasteiger partial charge in [-0.3, -0.25) is 4.79 Å². The number of aliphatic hydroxyl groups is 1. The van der Waals surface area contributed by atoms with Crippen LogP contribution in [0.25, 0.3) is 0 Å². The number of carbonyl (C=O) groups excluding carboxylic acids is 1. The minimum Gasteiger partial charge on any atom is -0.431 e. The van der Waals surface area contributed by atoms with Gasteiger partial charge >= 0.3 is 5.63 Å². The summed E-state index contributed by atoms with van der Waals surface area (Å²) in [5.41, 5.74) is 1.23. The van der Waals surface area contributed by atoms with Gasteiger partial charge in [-0.15, -0.1) is 0 Å². The lowest BCUT2D eigenvalue weighted by molar-refractivity contribution is -0.177. The van der Waals surface area contributed by atoms with Gasteiger partial charge in [-0.2, -0.15) is 0 Å².